The summed E-state index contributed by atoms with van der Waals surface area (Å²) in [6, 6.07) is 18.5. The van der Waals surface area contributed by atoms with Gasteiger partial charge in [0.1, 0.15) is 0 Å². The van der Waals surface area contributed by atoms with Crippen molar-refractivity contribution in [1.29, 1.82) is 0 Å². The number of hydrogen-bond donors (Lipinski definition) is 0. The number of halogens is 10. The Hall–Kier alpha value is -4.84. The molecule has 1 aliphatic carbocycles. The first-order valence-electron chi connectivity index (χ1n) is 14.2. The molecule has 0 saturated heterocycles. The fourth-order valence-corrected chi connectivity index (χ4v) is 7.34. The Kier molecular flexibility index (Phi) is 8.71. The molecular formula is C36H18BF10Si. The summed E-state index contributed by atoms with van der Waals surface area (Å²) < 4.78 is 149. The van der Waals surface area contributed by atoms with Gasteiger partial charge in [-0.05, 0) is 0 Å². The van der Waals surface area contributed by atoms with Gasteiger partial charge >= 0.3 is 270 Å². The molecule has 6 rings (SSSR count). The van der Waals surface area contributed by atoms with Crippen LogP contribution in [0.3, 0.4) is 0 Å². The summed E-state index contributed by atoms with van der Waals surface area (Å²) >= 11 is 0. The molecular weight excluding hydrogens is 661 g/mol. The predicted molar refractivity (Wildman–Crippen MR) is 168 cm³/mol. The van der Waals surface area contributed by atoms with Crippen LogP contribution >= 0.6 is 0 Å². The molecule has 0 N–H and O–H groups in total. The molecule has 0 saturated carbocycles. The molecule has 0 unspecified atom stereocenters. The second-order valence-corrected chi connectivity index (χ2v) is 13.2. The number of fused-ring (bicyclic) bond motifs is 1. The van der Waals surface area contributed by atoms with Crippen molar-refractivity contribution < 1.29 is 43.9 Å². The average molecular weight is 679 g/mol. The Balaban J connectivity index is 1.77. The molecule has 0 aliphatic heterocycles. The minimum atomic E-state index is -2.42. The third-order valence-corrected chi connectivity index (χ3v) is 10.3. The fraction of sp³-hybridized carbons (Fsp3) is 0.0556. The molecule has 239 valence electrons. The molecule has 0 amide bonds. The molecule has 5 aromatic carbocycles. The number of rotatable bonds is 6. The number of hydrogen-bond acceptors (Lipinski definition) is 0. The van der Waals surface area contributed by atoms with Crippen molar-refractivity contribution >= 4 is 37.8 Å². The van der Waals surface area contributed by atoms with Gasteiger partial charge in [0, 0.05) is 0 Å². The van der Waals surface area contributed by atoms with Gasteiger partial charge in [0.05, 0.1) is 0 Å². The van der Waals surface area contributed by atoms with E-state index in [1.54, 1.807) is 29.9 Å². The van der Waals surface area contributed by atoms with Crippen LogP contribution < -0.4 is 5.19 Å². The summed E-state index contributed by atoms with van der Waals surface area (Å²) in [7, 11) is 5.05. The SMILES string of the molecule is [B]=C1C(CC=[Si](C)c2ccccc2)=C(c2c(F)c(F)c(F)c(F)c2F)c2c1ccc(-c1c(F)c(F)c(F)c(F)c1F)c2-c1ccccc1. The summed E-state index contributed by atoms with van der Waals surface area (Å²) in [5, 5.41) is 0.925. The van der Waals surface area contributed by atoms with Crippen LogP contribution in [0.5, 0.6) is 0 Å². The van der Waals surface area contributed by atoms with Crippen molar-refractivity contribution in [3.63, 3.8) is 0 Å². The van der Waals surface area contributed by atoms with Gasteiger partial charge in [-0.2, -0.15) is 0 Å². The molecule has 1 radical (unpaired) electrons. The molecule has 0 fully saturated rings. The molecule has 0 atom stereocenters. The molecule has 0 aromatic heterocycles. The van der Waals surface area contributed by atoms with E-state index in [0.717, 1.165) is 17.3 Å². The third kappa shape index (κ3) is 5.18. The van der Waals surface area contributed by atoms with Crippen LogP contribution in [0.4, 0.5) is 43.9 Å². The van der Waals surface area contributed by atoms with Crippen molar-refractivity contribution in [3.8, 4) is 22.3 Å². The van der Waals surface area contributed by atoms with Gasteiger partial charge in [0.15, 0.2) is 0 Å². The zero-order valence-corrected chi connectivity index (χ0v) is 25.6. The van der Waals surface area contributed by atoms with E-state index < -0.39 is 88.8 Å². The maximum absolute atomic E-state index is 15.7. The van der Waals surface area contributed by atoms with Gasteiger partial charge in [0.2, 0.25) is 0 Å². The van der Waals surface area contributed by atoms with Crippen LogP contribution in [0.2, 0.25) is 6.55 Å². The Labute approximate surface area is 269 Å². The minimum absolute atomic E-state index is 0.0200. The second-order valence-electron chi connectivity index (χ2n) is 10.9. The predicted octanol–water partition coefficient (Wildman–Crippen LogP) is 8.72. The number of allylic oxidation sites excluding steroid dienone is 1. The molecule has 5 aromatic rings. The number of benzene rings is 5. The molecule has 0 bridgehead atoms. The van der Waals surface area contributed by atoms with Crippen LogP contribution in [-0.2, 0) is 0 Å². The van der Waals surface area contributed by atoms with E-state index >= 15 is 17.6 Å². The van der Waals surface area contributed by atoms with Gasteiger partial charge in [-0.1, -0.05) is 0 Å². The monoisotopic (exact) mass is 679 g/mol. The Morgan fingerprint density at radius 1 is 0.500 bits per heavy atom. The van der Waals surface area contributed by atoms with Crippen molar-refractivity contribution in [2.75, 3.05) is 0 Å². The maximum atomic E-state index is 15.7. The zero-order chi connectivity index (χ0) is 34.6. The van der Waals surface area contributed by atoms with Gasteiger partial charge in [-0.15, -0.1) is 0 Å². The molecule has 0 heterocycles. The standard InChI is InChI=1S/C36H18BF10Si/c1-48(17-10-6-3-7-11-17)15-14-20-23(25-29(40)33(44)36(47)34(45)30(25)41)22-19(26(20)37)13-12-18(21(22)16-8-4-2-5-9-16)24-27(38)31(42)35(46)32(43)28(24)39/h2-13,15H,14H2,1H3. The molecule has 1 aliphatic rings. The van der Waals surface area contributed by atoms with Gasteiger partial charge in [0.25, 0.3) is 0 Å². The van der Waals surface area contributed by atoms with E-state index in [2.05, 4.69) is 0 Å². The van der Waals surface area contributed by atoms with Crippen LogP contribution in [0.25, 0.3) is 27.8 Å². The van der Waals surface area contributed by atoms with Gasteiger partial charge in [-0.25, -0.2) is 0 Å². The Bertz CT molecular complexity index is 2170. The molecule has 48 heavy (non-hydrogen) atoms. The average Bonchev–Trinajstić information content (AvgIpc) is 3.38. The fourth-order valence-electron chi connectivity index (χ4n) is 5.88. The van der Waals surface area contributed by atoms with Gasteiger partial charge < -0.3 is 0 Å². The van der Waals surface area contributed by atoms with Crippen molar-refractivity contribution in [3.05, 3.63) is 153 Å². The van der Waals surface area contributed by atoms with Crippen LogP contribution in [-0.4, -0.2) is 27.0 Å². The normalized spacial score (nSPS) is 13.0. The van der Waals surface area contributed by atoms with Crippen molar-refractivity contribution in [1.82, 2.24) is 0 Å². The quantitative estimate of drug-likeness (QED) is 0.0730. The van der Waals surface area contributed by atoms with Crippen molar-refractivity contribution in [2.45, 2.75) is 13.0 Å². The van der Waals surface area contributed by atoms with E-state index in [1.165, 1.54) is 24.3 Å². The van der Waals surface area contributed by atoms with E-state index in [-0.39, 0.29) is 39.7 Å². The molecule has 12 heteroatoms. The summed E-state index contributed by atoms with van der Waals surface area (Å²) in [5.41, 5.74) is -2.98. The summed E-state index contributed by atoms with van der Waals surface area (Å²) in [6.07, 6.45) is -0.152. The summed E-state index contributed by atoms with van der Waals surface area (Å²) in [6.45, 7) is 1.90. The summed E-state index contributed by atoms with van der Waals surface area (Å²) in [4.78, 5) is 0. The Morgan fingerprint density at radius 2 is 0.938 bits per heavy atom. The summed E-state index contributed by atoms with van der Waals surface area (Å²) in [5.74, 6) is -22.6. The van der Waals surface area contributed by atoms with E-state index in [1.807, 2.05) is 18.7 Å². The van der Waals surface area contributed by atoms with Gasteiger partial charge in [-0.3, -0.25) is 0 Å². The second kappa shape index (κ2) is 12.6. The first-order valence-corrected chi connectivity index (χ1v) is 16.3. The van der Waals surface area contributed by atoms with Crippen LogP contribution in [0, 0.1) is 58.2 Å². The van der Waals surface area contributed by atoms with Crippen LogP contribution in [0.15, 0.2) is 78.4 Å². The van der Waals surface area contributed by atoms with E-state index in [9.17, 15) is 26.3 Å². The first-order chi connectivity index (χ1) is 22.9. The van der Waals surface area contributed by atoms with E-state index in [0.29, 0.717) is 0 Å². The molecule has 0 spiro atoms. The molecule has 0 nitrogen and oxygen atoms in total. The van der Waals surface area contributed by atoms with E-state index in [4.69, 9.17) is 7.49 Å². The first kappa shape index (κ1) is 33.1. The van der Waals surface area contributed by atoms with Crippen molar-refractivity contribution in [2.24, 2.45) is 0 Å². The topological polar surface area (TPSA) is 0 Å². The Morgan fingerprint density at radius 3 is 1.46 bits per heavy atom. The third-order valence-electron chi connectivity index (χ3n) is 8.22. The van der Waals surface area contributed by atoms with Crippen LogP contribution in [0.1, 0.15) is 23.1 Å². The zero-order valence-electron chi connectivity index (χ0n) is 24.6.